The van der Waals surface area contributed by atoms with Crippen LogP contribution in [0.2, 0.25) is 0 Å². The van der Waals surface area contributed by atoms with Crippen molar-refractivity contribution >= 4 is 29.1 Å². The molecule has 1 aromatic carbocycles. The summed E-state index contributed by atoms with van der Waals surface area (Å²) in [5, 5.41) is 5.52. The fourth-order valence-electron chi connectivity index (χ4n) is 5.14. The van der Waals surface area contributed by atoms with Gasteiger partial charge in [0.25, 0.3) is 0 Å². The first-order valence-corrected chi connectivity index (χ1v) is 14.1. The molecule has 4 aromatic rings. The van der Waals surface area contributed by atoms with Crippen molar-refractivity contribution in [2.45, 2.75) is 38.5 Å². The minimum absolute atomic E-state index is 0.156. The van der Waals surface area contributed by atoms with Gasteiger partial charge in [0.15, 0.2) is 5.65 Å². The summed E-state index contributed by atoms with van der Waals surface area (Å²) in [6.45, 7) is 5.00. The van der Waals surface area contributed by atoms with Crippen LogP contribution >= 0.6 is 0 Å². The quantitative estimate of drug-likeness (QED) is 0.117. The van der Waals surface area contributed by atoms with Crippen LogP contribution in [-0.4, -0.2) is 64.1 Å². The Labute approximate surface area is 246 Å². The summed E-state index contributed by atoms with van der Waals surface area (Å²) in [6.07, 6.45) is 7.49. The van der Waals surface area contributed by atoms with Crippen LogP contribution in [0.5, 0.6) is 0 Å². The number of aromatic nitrogens is 5. The number of allylic oxidation sites excluding steroid dienone is 1. The minimum atomic E-state index is 0.156. The van der Waals surface area contributed by atoms with E-state index in [2.05, 4.69) is 46.6 Å². The van der Waals surface area contributed by atoms with E-state index in [0.29, 0.717) is 30.5 Å². The largest absolute Gasteiger partial charge is 0.475 e. The summed E-state index contributed by atoms with van der Waals surface area (Å²) >= 11 is 0. The molecular formula is C31H39N9O2. The van der Waals surface area contributed by atoms with Crippen molar-refractivity contribution in [3.63, 3.8) is 0 Å². The lowest BCUT2D eigenvalue weighted by Crippen LogP contribution is -2.11. The molecule has 0 atom stereocenters. The van der Waals surface area contributed by atoms with Gasteiger partial charge in [-0.2, -0.15) is 5.10 Å². The van der Waals surface area contributed by atoms with Crippen molar-refractivity contribution in [2.75, 3.05) is 33.1 Å². The molecule has 1 aliphatic carbocycles. The zero-order valence-corrected chi connectivity index (χ0v) is 25.1. The van der Waals surface area contributed by atoms with E-state index in [1.165, 1.54) is 5.69 Å². The number of aliphatic imine (C=N–C) groups is 2. The number of ether oxygens (including phenoxy) is 2. The van der Waals surface area contributed by atoms with Gasteiger partial charge in [-0.25, -0.2) is 15.0 Å². The Bertz CT molecular complexity index is 1690. The summed E-state index contributed by atoms with van der Waals surface area (Å²) in [4.78, 5) is 19.0. The Kier molecular flexibility index (Phi) is 8.39. The van der Waals surface area contributed by atoms with E-state index in [4.69, 9.17) is 30.9 Å². The topological polar surface area (TPSA) is 144 Å². The molecule has 0 saturated heterocycles. The lowest BCUT2D eigenvalue weighted by Gasteiger charge is -2.12. The normalized spacial score (nSPS) is 14.5. The predicted molar refractivity (Wildman–Crippen MR) is 168 cm³/mol. The lowest BCUT2D eigenvalue weighted by molar-refractivity contribution is 0.108. The third-order valence-electron chi connectivity index (χ3n) is 7.31. The van der Waals surface area contributed by atoms with Gasteiger partial charge < -0.3 is 25.5 Å². The second-order valence-electron chi connectivity index (χ2n) is 10.8. The van der Waals surface area contributed by atoms with Crippen LogP contribution in [0.4, 0.5) is 5.69 Å². The molecule has 1 aliphatic rings. The predicted octanol–water partition coefficient (Wildman–Crippen LogP) is 4.53. The second kappa shape index (κ2) is 12.2. The Hall–Kier alpha value is -4.51. The number of hydrogen-bond acceptors (Lipinski definition) is 9. The summed E-state index contributed by atoms with van der Waals surface area (Å²) in [7, 11) is 7.26. The van der Waals surface area contributed by atoms with Crippen LogP contribution in [0.25, 0.3) is 33.7 Å². The molecule has 0 spiro atoms. The van der Waals surface area contributed by atoms with Crippen LogP contribution in [0, 0.1) is 0 Å². The number of nitrogen functional groups attached to an aromatic ring is 1. The van der Waals surface area contributed by atoms with Crippen molar-refractivity contribution in [1.29, 1.82) is 0 Å². The third kappa shape index (κ3) is 5.78. The van der Waals surface area contributed by atoms with E-state index in [9.17, 15) is 0 Å². The molecule has 0 amide bonds. The Morgan fingerprint density at radius 3 is 2.64 bits per heavy atom. The van der Waals surface area contributed by atoms with Gasteiger partial charge in [-0.1, -0.05) is 26.0 Å². The maximum absolute atomic E-state index is 6.55. The molecule has 0 aliphatic heterocycles. The lowest BCUT2D eigenvalue weighted by atomic mass is 10.0. The van der Waals surface area contributed by atoms with Crippen LogP contribution < -0.4 is 11.5 Å². The van der Waals surface area contributed by atoms with Crippen molar-refractivity contribution in [1.82, 2.24) is 24.3 Å². The highest BCUT2D eigenvalue weighted by Crippen LogP contribution is 2.47. The highest BCUT2D eigenvalue weighted by molar-refractivity contribution is 5.98. The van der Waals surface area contributed by atoms with Crippen LogP contribution in [0.3, 0.4) is 0 Å². The first-order chi connectivity index (χ1) is 20.2. The number of methoxy groups -OCH3 is 1. The maximum Gasteiger partial charge on any atom is 0.212 e. The number of pyridine rings is 1. The van der Waals surface area contributed by atoms with Gasteiger partial charge in [-0.05, 0) is 30.9 Å². The van der Waals surface area contributed by atoms with Crippen LogP contribution in [0.1, 0.15) is 55.5 Å². The molecule has 3 heterocycles. The molecule has 0 radical (unpaired) electrons. The first-order valence-electron chi connectivity index (χ1n) is 14.1. The SMILES string of the molecule is CN=C/C(N=Cc1c(N)cccc1-c1nc(-c2cc3cn(C)nc3nc2C(C)C)n(C)c1C1CC1)=C(\N)OCCOC. The summed E-state index contributed by atoms with van der Waals surface area (Å²) in [6, 6.07) is 8.00. The van der Waals surface area contributed by atoms with E-state index in [1.54, 1.807) is 31.3 Å². The van der Waals surface area contributed by atoms with Crippen molar-refractivity contribution in [2.24, 2.45) is 29.8 Å². The maximum atomic E-state index is 6.55. The number of rotatable bonds is 11. The fraction of sp³-hybridized carbons (Fsp3) is 0.387. The monoisotopic (exact) mass is 569 g/mol. The molecular weight excluding hydrogens is 530 g/mol. The van der Waals surface area contributed by atoms with Gasteiger partial charge in [-0.15, -0.1) is 0 Å². The highest BCUT2D eigenvalue weighted by Gasteiger charge is 2.33. The Morgan fingerprint density at radius 1 is 1.17 bits per heavy atom. The van der Waals surface area contributed by atoms with Crippen molar-refractivity contribution < 1.29 is 9.47 Å². The third-order valence-corrected chi connectivity index (χ3v) is 7.31. The number of benzene rings is 1. The average Bonchev–Trinajstić information content (AvgIpc) is 3.64. The van der Waals surface area contributed by atoms with Crippen LogP contribution in [0.15, 0.2) is 52.0 Å². The number of anilines is 1. The molecule has 42 heavy (non-hydrogen) atoms. The summed E-state index contributed by atoms with van der Waals surface area (Å²) < 4.78 is 14.7. The number of fused-ring (bicyclic) bond motifs is 1. The average molecular weight is 570 g/mol. The molecule has 0 bridgehead atoms. The van der Waals surface area contributed by atoms with Gasteiger partial charge in [0.2, 0.25) is 5.88 Å². The fourth-order valence-corrected chi connectivity index (χ4v) is 5.14. The molecule has 4 N–H and O–H groups in total. The van der Waals surface area contributed by atoms with E-state index in [1.807, 2.05) is 31.4 Å². The van der Waals surface area contributed by atoms with Gasteiger partial charge in [-0.3, -0.25) is 9.67 Å². The smallest absolute Gasteiger partial charge is 0.212 e. The second-order valence-corrected chi connectivity index (χ2v) is 10.8. The standard InChI is InChI=1S/C31H39N9O2/c1-18(2)26-22(14-20-17-39(4)38-30(20)36-26)31-37-27(28(40(31)5)19-10-11-19)21-8-7-9-24(32)23(21)15-35-25(16-34-3)29(33)42-13-12-41-6/h7-9,14-19H,10-13,32-33H2,1-6H3/b29-25-,34-16?,35-15?. The summed E-state index contributed by atoms with van der Waals surface area (Å²) in [5.74, 6) is 1.63. The molecule has 0 unspecified atom stereocenters. The minimum Gasteiger partial charge on any atom is -0.475 e. The highest BCUT2D eigenvalue weighted by atomic mass is 16.5. The molecule has 220 valence electrons. The van der Waals surface area contributed by atoms with E-state index >= 15 is 0 Å². The van der Waals surface area contributed by atoms with Gasteiger partial charge in [0.05, 0.1) is 24.2 Å². The number of nitrogens with zero attached hydrogens (tertiary/aromatic N) is 7. The molecule has 5 rings (SSSR count). The Balaban J connectivity index is 1.65. The van der Waals surface area contributed by atoms with Gasteiger partial charge in [0.1, 0.15) is 18.1 Å². The van der Waals surface area contributed by atoms with E-state index < -0.39 is 0 Å². The van der Waals surface area contributed by atoms with E-state index in [-0.39, 0.29) is 11.8 Å². The number of nitrogens with two attached hydrogens (primary N) is 2. The zero-order valence-electron chi connectivity index (χ0n) is 25.1. The number of aryl methyl sites for hydroxylation is 1. The number of hydrogen-bond donors (Lipinski definition) is 2. The van der Waals surface area contributed by atoms with E-state index in [0.717, 1.165) is 57.8 Å². The van der Waals surface area contributed by atoms with Gasteiger partial charge in [0, 0.05) is 80.0 Å². The van der Waals surface area contributed by atoms with Crippen molar-refractivity contribution in [3.8, 4) is 22.6 Å². The molecule has 1 saturated carbocycles. The summed E-state index contributed by atoms with van der Waals surface area (Å²) in [5.41, 5.74) is 20.1. The van der Waals surface area contributed by atoms with Crippen molar-refractivity contribution in [3.05, 3.63) is 59.0 Å². The molecule has 1 fully saturated rings. The molecule has 11 nitrogen and oxygen atoms in total. The Morgan fingerprint density at radius 2 is 1.95 bits per heavy atom. The van der Waals surface area contributed by atoms with Gasteiger partial charge >= 0.3 is 0 Å². The van der Waals surface area contributed by atoms with Crippen LogP contribution in [-0.2, 0) is 23.6 Å². The first kappa shape index (κ1) is 29.0. The zero-order chi connectivity index (χ0) is 30.0. The molecule has 3 aromatic heterocycles. The number of imidazole rings is 1. The molecule has 11 heteroatoms.